The molecule has 0 radical (unpaired) electrons. The zero-order valence-corrected chi connectivity index (χ0v) is 12.6. The number of hydrogen-bond donors (Lipinski definition) is 1. The molecular formula is C16H18F6O. The number of benzene rings is 1. The molecule has 7 heteroatoms. The van der Waals surface area contributed by atoms with Gasteiger partial charge in [-0.05, 0) is 49.4 Å². The summed E-state index contributed by atoms with van der Waals surface area (Å²) in [4.78, 5) is 0. The fraction of sp³-hybridized carbons (Fsp3) is 0.625. The highest BCUT2D eigenvalue weighted by molar-refractivity contribution is 5.36. The topological polar surface area (TPSA) is 20.2 Å². The Kier molecular flexibility index (Phi) is 4.72. The molecule has 1 aromatic carbocycles. The fourth-order valence-electron chi connectivity index (χ4n) is 3.15. The van der Waals surface area contributed by atoms with E-state index in [0.717, 1.165) is 19.3 Å². The molecule has 2 rings (SSSR count). The number of hydrogen-bond acceptors (Lipinski definition) is 1. The third-order valence-corrected chi connectivity index (χ3v) is 4.57. The Morgan fingerprint density at radius 3 is 1.57 bits per heavy atom. The van der Waals surface area contributed by atoms with Gasteiger partial charge in [-0.3, -0.25) is 0 Å². The van der Waals surface area contributed by atoms with Crippen LogP contribution in [0, 0.1) is 5.92 Å². The highest BCUT2D eigenvalue weighted by atomic mass is 19.4. The summed E-state index contributed by atoms with van der Waals surface area (Å²) in [6.07, 6.45) is -6.05. The molecule has 1 saturated carbocycles. The Hall–Kier alpha value is -1.24. The van der Waals surface area contributed by atoms with Gasteiger partial charge in [0.05, 0.1) is 16.7 Å². The first-order valence-electron chi connectivity index (χ1n) is 7.44. The second-order valence-electron chi connectivity index (χ2n) is 6.28. The molecular weight excluding hydrogens is 322 g/mol. The summed E-state index contributed by atoms with van der Waals surface area (Å²) < 4.78 is 77.5. The summed E-state index contributed by atoms with van der Waals surface area (Å²) in [5.74, 6) is -0.346. The van der Waals surface area contributed by atoms with E-state index in [1.165, 1.54) is 6.92 Å². The van der Waals surface area contributed by atoms with Crippen LogP contribution in [-0.2, 0) is 18.0 Å². The lowest BCUT2D eigenvalue weighted by Crippen LogP contribution is -2.34. The van der Waals surface area contributed by atoms with Crippen molar-refractivity contribution in [2.24, 2.45) is 5.92 Å². The van der Waals surface area contributed by atoms with Gasteiger partial charge in [0, 0.05) is 0 Å². The molecule has 1 aromatic rings. The number of rotatable bonds is 2. The molecule has 130 valence electrons. The number of halogens is 6. The summed E-state index contributed by atoms with van der Waals surface area (Å²) in [6, 6.07) is 1.34. The van der Waals surface area contributed by atoms with Crippen LogP contribution in [0.5, 0.6) is 0 Å². The van der Waals surface area contributed by atoms with E-state index >= 15 is 0 Å². The second-order valence-corrected chi connectivity index (χ2v) is 6.28. The van der Waals surface area contributed by atoms with Crippen LogP contribution in [-0.4, -0.2) is 5.11 Å². The van der Waals surface area contributed by atoms with Crippen LogP contribution in [0.15, 0.2) is 18.2 Å². The predicted molar refractivity (Wildman–Crippen MR) is 72.6 cm³/mol. The number of alkyl halides is 6. The summed E-state index contributed by atoms with van der Waals surface area (Å²) in [5, 5.41) is 10.7. The lowest BCUT2D eigenvalue weighted by Gasteiger charge is -2.36. The van der Waals surface area contributed by atoms with Crippen LogP contribution in [0.25, 0.3) is 0 Å². The van der Waals surface area contributed by atoms with Gasteiger partial charge < -0.3 is 5.11 Å². The molecule has 0 heterocycles. The fourth-order valence-corrected chi connectivity index (χ4v) is 3.15. The summed E-state index contributed by atoms with van der Waals surface area (Å²) in [6.45, 7) is 1.30. The molecule has 1 N–H and O–H groups in total. The van der Waals surface area contributed by atoms with E-state index in [9.17, 15) is 31.4 Å². The zero-order chi connectivity index (χ0) is 17.5. The van der Waals surface area contributed by atoms with Crippen molar-refractivity contribution >= 4 is 0 Å². The lowest BCUT2D eigenvalue weighted by atomic mass is 9.74. The molecule has 1 fully saturated rings. The summed E-state index contributed by atoms with van der Waals surface area (Å²) in [5.41, 5.74) is -4.83. The highest BCUT2D eigenvalue weighted by Crippen LogP contribution is 2.43. The van der Waals surface area contributed by atoms with Gasteiger partial charge in [-0.15, -0.1) is 0 Å². The van der Waals surface area contributed by atoms with Gasteiger partial charge in [0.25, 0.3) is 0 Å². The highest BCUT2D eigenvalue weighted by Gasteiger charge is 2.41. The minimum atomic E-state index is -4.90. The second kappa shape index (κ2) is 6.00. The van der Waals surface area contributed by atoms with Gasteiger partial charge in [-0.25, -0.2) is 0 Å². The third kappa shape index (κ3) is 4.00. The standard InChI is InChI=1S/C16H18F6O/c1-14(23,10-5-3-2-4-6-10)11-7-12(15(17,18)19)9-13(8-11)16(20,21)22/h7-10,23H,2-6H2,1H3. The molecule has 0 saturated heterocycles. The molecule has 1 unspecified atom stereocenters. The first kappa shape index (κ1) is 18.1. The Balaban J connectivity index is 2.52. The van der Waals surface area contributed by atoms with Crippen molar-refractivity contribution in [3.8, 4) is 0 Å². The largest absolute Gasteiger partial charge is 0.416 e. The van der Waals surface area contributed by atoms with Crippen LogP contribution in [0.2, 0.25) is 0 Å². The van der Waals surface area contributed by atoms with Gasteiger partial charge >= 0.3 is 12.4 Å². The summed E-state index contributed by atoms with van der Waals surface area (Å²) >= 11 is 0. The van der Waals surface area contributed by atoms with Crippen molar-refractivity contribution in [2.75, 3.05) is 0 Å². The smallest absolute Gasteiger partial charge is 0.385 e. The molecule has 0 bridgehead atoms. The van der Waals surface area contributed by atoms with Crippen molar-refractivity contribution in [1.82, 2.24) is 0 Å². The van der Waals surface area contributed by atoms with E-state index in [1.807, 2.05) is 0 Å². The maximum atomic E-state index is 12.9. The number of aliphatic hydroxyl groups is 1. The first-order valence-corrected chi connectivity index (χ1v) is 7.44. The van der Waals surface area contributed by atoms with Gasteiger partial charge in [-0.2, -0.15) is 26.3 Å². The molecule has 0 amide bonds. The normalized spacial score (nSPS) is 20.3. The monoisotopic (exact) mass is 340 g/mol. The van der Waals surface area contributed by atoms with Gasteiger partial charge in [0.2, 0.25) is 0 Å². The molecule has 0 aromatic heterocycles. The van der Waals surface area contributed by atoms with Crippen LogP contribution in [0.4, 0.5) is 26.3 Å². The van der Waals surface area contributed by atoms with E-state index in [4.69, 9.17) is 0 Å². The Morgan fingerprint density at radius 2 is 1.17 bits per heavy atom. The van der Waals surface area contributed by atoms with Crippen molar-refractivity contribution in [1.29, 1.82) is 0 Å². The Bertz CT molecular complexity index is 520. The maximum absolute atomic E-state index is 12.9. The van der Waals surface area contributed by atoms with Crippen molar-refractivity contribution in [2.45, 2.75) is 57.0 Å². The summed E-state index contributed by atoms with van der Waals surface area (Å²) in [7, 11) is 0. The lowest BCUT2D eigenvalue weighted by molar-refractivity contribution is -0.143. The van der Waals surface area contributed by atoms with Gasteiger partial charge in [-0.1, -0.05) is 19.3 Å². The Morgan fingerprint density at radius 1 is 0.783 bits per heavy atom. The average Bonchev–Trinajstić information content (AvgIpc) is 2.46. The minimum absolute atomic E-state index is 0.0838. The van der Waals surface area contributed by atoms with Crippen molar-refractivity contribution in [3.05, 3.63) is 34.9 Å². The van der Waals surface area contributed by atoms with Crippen LogP contribution >= 0.6 is 0 Å². The van der Waals surface area contributed by atoms with Crippen molar-refractivity contribution < 1.29 is 31.4 Å². The van der Waals surface area contributed by atoms with Crippen molar-refractivity contribution in [3.63, 3.8) is 0 Å². The van der Waals surface area contributed by atoms with Crippen LogP contribution in [0.3, 0.4) is 0 Å². The molecule has 1 nitrogen and oxygen atoms in total. The first-order chi connectivity index (χ1) is 10.4. The van der Waals surface area contributed by atoms with E-state index < -0.39 is 29.1 Å². The molecule has 0 spiro atoms. The van der Waals surface area contributed by atoms with Crippen LogP contribution in [0.1, 0.15) is 55.7 Å². The van der Waals surface area contributed by atoms with Gasteiger partial charge in [0.1, 0.15) is 0 Å². The van der Waals surface area contributed by atoms with E-state index in [0.29, 0.717) is 25.0 Å². The van der Waals surface area contributed by atoms with Gasteiger partial charge in [0.15, 0.2) is 0 Å². The van der Waals surface area contributed by atoms with E-state index in [-0.39, 0.29) is 17.5 Å². The molecule has 0 aliphatic heterocycles. The Labute approximate surface area is 130 Å². The third-order valence-electron chi connectivity index (χ3n) is 4.57. The molecule has 1 aliphatic carbocycles. The zero-order valence-electron chi connectivity index (χ0n) is 12.6. The van der Waals surface area contributed by atoms with E-state index in [1.54, 1.807) is 0 Å². The molecule has 1 atom stereocenters. The predicted octanol–water partition coefficient (Wildman–Crippen LogP) is 5.51. The van der Waals surface area contributed by atoms with E-state index in [2.05, 4.69) is 0 Å². The quantitative estimate of drug-likeness (QED) is 0.704. The SMILES string of the molecule is CC(O)(c1cc(C(F)(F)F)cc(C(F)(F)F)c1)C1CCCCC1. The molecule has 23 heavy (non-hydrogen) atoms. The minimum Gasteiger partial charge on any atom is -0.385 e. The average molecular weight is 340 g/mol. The van der Waals surface area contributed by atoms with Crippen LogP contribution < -0.4 is 0 Å². The maximum Gasteiger partial charge on any atom is 0.416 e. The molecule has 1 aliphatic rings.